The quantitative estimate of drug-likeness (QED) is 0.302. The van der Waals surface area contributed by atoms with E-state index in [0.29, 0.717) is 29.9 Å². The minimum absolute atomic E-state index is 0.00939. The van der Waals surface area contributed by atoms with Crippen LogP contribution in [0.25, 0.3) is 11.1 Å². The molecule has 0 aliphatic carbocycles. The van der Waals surface area contributed by atoms with Crippen molar-refractivity contribution in [2.24, 2.45) is 0 Å². The molecular weight excluding hydrogens is 486 g/mol. The average molecular weight is 516 g/mol. The summed E-state index contributed by atoms with van der Waals surface area (Å²) >= 11 is 1.52. The molecule has 2 aromatic carbocycles. The zero-order valence-electron chi connectivity index (χ0n) is 20.2. The van der Waals surface area contributed by atoms with E-state index in [1.165, 1.54) is 17.8 Å². The number of nitrogens with zero attached hydrogens (tertiary/aromatic N) is 2. The first kappa shape index (κ1) is 26.5. The van der Waals surface area contributed by atoms with Crippen LogP contribution in [0.4, 0.5) is 4.79 Å². The molecule has 1 amide bonds. The van der Waals surface area contributed by atoms with Gasteiger partial charge in [-0.3, -0.25) is 4.79 Å². The SMILES string of the molecule is CCOC(=O)NS(=O)(=O)c1ccccc1-c1ccc(Cn2c(C(=O)CC)nc(SC)c2CC)cc1. The van der Waals surface area contributed by atoms with E-state index >= 15 is 0 Å². The second-order valence-corrected chi connectivity index (χ2v) is 10.1. The van der Waals surface area contributed by atoms with Gasteiger partial charge in [-0.2, -0.15) is 0 Å². The number of ketones is 1. The molecule has 0 unspecified atom stereocenters. The number of sulfonamides is 1. The van der Waals surface area contributed by atoms with Crippen molar-refractivity contribution in [3.8, 4) is 11.1 Å². The van der Waals surface area contributed by atoms with Gasteiger partial charge in [0.1, 0.15) is 5.03 Å². The Labute approximate surface area is 210 Å². The van der Waals surface area contributed by atoms with Crippen LogP contribution in [0.3, 0.4) is 0 Å². The van der Waals surface area contributed by atoms with Crippen LogP contribution in [0.1, 0.15) is 49.1 Å². The molecule has 3 aromatic rings. The molecule has 0 radical (unpaired) electrons. The molecule has 10 heteroatoms. The first-order valence-electron chi connectivity index (χ1n) is 11.3. The lowest BCUT2D eigenvalue weighted by atomic mass is 10.0. The van der Waals surface area contributed by atoms with Gasteiger partial charge in [0.05, 0.1) is 17.2 Å². The van der Waals surface area contributed by atoms with Crippen LogP contribution in [0.5, 0.6) is 0 Å². The van der Waals surface area contributed by atoms with Crippen molar-refractivity contribution in [1.82, 2.24) is 14.3 Å². The predicted molar refractivity (Wildman–Crippen MR) is 136 cm³/mol. The van der Waals surface area contributed by atoms with Crippen LogP contribution in [0.15, 0.2) is 58.5 Å². The second kappa shape index (κ2) is 11.5. The van der Waals surface area contributed by atoms with E-state index in [1.807, 2.05) is 53.7 Å². The number of nitrogens with one attached hydrogen (secondary N) is 1. The van der Waals surface area contributed by atoms with Crippen LogP contribution in [0.2, 0.25) is 0 Å². The fraction of sp³-hybridized carbons (Fsp3) is 0.320. The van der Waals surface area contributed by atoms with Crippen LogP contribution < -0.4 is 4.72 Å². The molecule has 0 fully saturated rings. The third kappa shape index (κ3) is 5.94. The van der Waals surface area contributed by atoms with Crippen molar-refractivity contribution >= 4 is 33.7 Å². The third-order valence-electron chi connectivity index (χ3n) is 5.41. The summed E-state index contributed by atoms with van der Waals surface area (Å²) in [4.78, 5) is 28.8. The van der Waals surface area contributed by atoms with Gasteiger partial charge in [-0.05, 0) is 36.8 Å². The Balaban J connectivity index is 1.94. The van der Waals surface area contributed by atoms with Gasteiger partial charge in [0, 0.05) is 18.5 Å². The topological polar surface area (TPSA) is 107 Å². The lowest BCUT2D eigenvalue weighted by Gasteiger charge is -2.13. The van der Waals surface area contributed by atoms with E-state index in [2.05, 4.69) is 4.98 Å². The number of carbonyl (C=O) groups is 2. The number of thioether (sulfide) groups is 1. The molecule has 0 atom stereocenters. The molecule has 1 N–H and O–H groups in total. The van der Waals surface area contributed by atoms with Gasteiger partial charge in [0.2, 0.25) is 0 Å². The van der Waals surface area contributed by atoms with Crippen LogP contribution in [-0.4, -0.2) is 42.7 Å². The van der Waals surface area contributed by atoms with Crippen LogP contribution in [0, 0.1) is 0 Å². The summed E-state index contributed by atoms with van der Waals surface area (Å²) in [6, 6.07) is 13.9. The van der Waals surface area contributed by atoms with Crippen molar-refractivity contribution in [3.05, 3.63) is 65.6 Å². The molecule has 0 saturated heterocycles. The highest BCUT2D eigenvalue weighted by Crippen LogP contribution is 2.29. The summed E-state index contributed by atoms with van der Waals surface area (Å²) in [7, 11) is -4.12. The lowest BCUT2D eigenvalue weighted by molar-refractivity contribution is 0.0974. The summed E-state index contributed by atoms with van der Waals surface area (Å²) in [5, 5.41) is 0.856. The molecule has 0 aliphatic rings. The molecule has 0 spiro atoms. The number of benzene rings is 2. The van der Waals surface area contributed by atoms with Crippen molar-refractivity contribution in [3.63, 3.8) is 0 Å². The van der Waals surface area contributed by atoms with Crippen molar-refractivity contribution in [2.75, 3.05) is 12.9 Å². The Morgan fingerprint density at radius 2 is 1.74 bits per heavy atom. The second-order valence-electron chi connectivity index (χ2n) is 7.63. The number of aromatic nitrogens is 2. The Morgan fingerprint density at radius 1 is 1.06 bits per heavy atom. The molecule has 186 valence electrons. The number of amides is 1. The minimum atomic E-state index is -4.12. The summed E-state index contributed by atoms with van der Waals surface area (Å²) in [5.74, 6) is 0.448. The molecule has 1 aromatic heterocycles. The van der Waals surface area contributed by atoms with E-state index in [-0.39, 0.29) is 17.3 Å². The van der Waals surface area contributed by atoms with Gasteiger partial charge in [0.25, 0.3) is 10.0 Å². The maximum Gasteiger partial charge on any atom is 0.421 e. The molecule has 35 heavy (non-hydrogen) atoms. The summed E-state index contributed by atoms with van der Waals surface area (Å²) < 4.78 is 34.2. The highest BCUT2D eigenvalue weighted by Gasteiger charge is 2.23. The fourth-order valence-electron chi connectivity index (χ4n) is 3.75. The highest BCUT2D eigenvalue weighted by molar-refractivity contribution is 7.98. The normalized spacial score (nSPS) is 11.3. The Bertz CT molecular complexity index is 1320. The van der Waals surface area contributed by atoms with E-state index in [9.17, 15) is 18.0 Å². The number of carbonyl (C=O) groups excluding carboxylic acids is 2. The molecule has 0 saturated carbocycles. The van der Waals surface area contributed by atoms with Crippen molar-refractivity contribution < 1.29 is 22.7 Å². The zero-order chi connectivity index (χ0) is 25.6. The standard InChI is InChI=1S/C25H29N3O5S2/c1-5-20-24(34-4)26-23(21(29)6-2)28(20)16-17-12-14-18(15-13-17)19-10-8-9-11-22(19)35(31,32)27-25(30)33-7-3/h8-15H,5-7,16H2,1-4H3,(H,27,30). The maximum absolute atomic E-state index is 12.8. The maximum atomic E-state index is 12.8. The van der Waals surface area contributed by atoms with Crippen molar-refractivity contribution in [2.45, 2.75) is 50.1 Å². The monoisotopic (exact) mass is 515 g/mol. The average Bonchev–Trinajstić information content (AvgIpc) is 3.21. The van der Waals surface area contributed by atoms with E-state index in [4.69, 9.17) is 4.74 Å². The Morgan fingerprint density at radius 3 is 2.34 bits per heavy atom. The van der Waals surface area contributed by atoms with Gasteiger partial charge >= 0.3 is 6.09 Å². The van der Waals surface area contributed by atoms with E-state index < -0.39 is 16.1 Å². The fourth-order valence-corrected chi connectivity index (χ4v) is 5.54. The molecule has 8 nitrogen and oxygen atoms in total. The largest absolute Gasteiger partial charge is 0.449 e. The third-order valence-corrected chi connectivity index (χ3v) is 7.49. The summed E-state index contributed by atoms with van der Waals surface area (Å²) in [6.45, 7) is 5.99. The Kier molecular flexibility index (Phi) is 8.74. The number of Topliss-reactive ketones (excluding diaryl/α,β-unsaturated/α-hetero) is 1. The van der Waals surface area contributed by atoms with Crippen LogP contribution in [-0.2, 0) is 27.7 Å². The number of ether oxygens (including phenoxy) is 1. The van der Waals surface area contributed by atoms with E-state index in [0.717, 1.165) is 22.7 Å². The molecule has 0 aliphatic heterocycles. The molecule has 3 rings (SSSR count). The smallest absolute Gasteiger partial charge is 0.421 e. The number of hydrogen-bond donors (Lipinski definition) is 1. The number of imidazole rings is 1. The van der Waals surface area contributed by atoms with E-state index in [1.54, 1.807) is 25.1 Å². The first-order valence-corrected chi connectivity index (χ1v) is 14.0. The minimum Gasteiger partial charge on any atom is -0.449 e. The van der Waals surface area contributed by atoms with Gasteiger partial charge < -0.3 is 9.30 Å². The zero-order valence-corrected chi connectivity index (χ0v) is 21.8. The highest BCUT2D eigenvalue weighted by atomic mass is 32.2. The van der Waals surface area contributed by atoms with Gasteiger partial charge in [-0.15, -0.1) is 11.8 Å². The first-order chi connectivity index (χ1) is 16.7. The predicted octanol–water partition coefficient (Wildman–Crippen LogP) is 4.91. The molecular formula is C25H29N3O5S2. The van der Waals surface area contributed by atoms with Gasteiger partial charge in [-0.25, -0.2) is 22.9 Å². The molecule has 1 heterocycles. The summed E-state index contributed by atoms with van der Waals surface area (Å²) in [6.07, 6.45) is 2.05. The van der Waals surface area contributed by atoms with Crippen LogP contribution >= 0.6 is 11.8 Å². The van der Waals surface area contributed by atoms with Crippen molar-refractivity contribution in [1.29, 1.82) is 0 Å². The number of rotatable bonds is 10. The number of hydrogen-bond acceptors (Lipinski definition) is 7. The lowest BCUT2D eigenvalue weighted by Crippen LogP contribution is -2.31. The molecule has 0 bridgehead atoms. The summed E-state index contributed by atoms with van der Waals surface area (Å²) in [5.41, 5.74) is 3.09. The van der Waals surface area contributed by atoms with Gasteiger partial charge in [-0.1, -0.05) is 56.3 Å². The van der Waals surface area contributed by atoms with Gasteiger partial charge in [0.15, 0.2) is 11.6 Å². The Hall–Kier alpha value is -3.11.